The summed E-state index contributed by atoms with van der Waals surface area (Å²) in [5, 5.41) is 3.64. The lowest BCUT2D eigenvalue weighted by molar-refractivity contribution is 0.0622. The molecule has 3 heteroatoms. The standard InChI is InChI=1S/C18H29FN2/c1-4-18(5-2,21-12-7-8-13-21)17(20-6-3)15-10-9-11-16(19)14-15/h9-11,14,17,20H,4-8,12-13H2,1-3H3. The van der Waals surface area contributed by atoms with Crippen LogP contribution in [0.25, 0.3) is 0 Å². The third-order valence-corrected chi connectivity index (χ3v) is 5.09. The molecule has 0 aliphatic carbocycles. The summed E-state index contributed by atoms with van der Waals surface area (Å²) in [6.07, 6.45) is 4.73. The normalized spacial score (nSPS) is 18.1. The van der Waals surface area contributed by atoms with Crippen molar-refractivity contribution in [2.75, 3.05) is 19.6 Å². The average Bonchev–Trinajstić information content (AvgIpc) is 3.03. The molecule has 1 unspecified atom stereocenters. The van der Waals surface area contributed by atoms with E-state index in [0.717, 1.165) is 24.9 Å². The fraction of sp³-hybridized carbons (Fsp3) is 0.667. The molecule has 0 bridgehead atoms. The van der Waals surface area contributed by atoms with E-state index in [2.05, 4.69) is 37.1 Å². The van der Waals surface area contributed by atoms with E-state index >= 15 is 0 Å². The Bertz CT molecular complexity index is 437. The largest absolute Gasteiger partial charge is 0.309 e. The second-order valence-electron chi connectivity index (χ2n) is 6.05. The topological polar surface area (TPSA) is 15.3 Å². The first-order valence-corrected chi connectivity index (χ1v) is 8.41. The van der Waals surface area contributed by atoms with E-state index in [1.807, 2.05) is 6.07 Å². The molecule has 118 valence electrons. The van der Waals surface area contributed by atoms with Crippen molar-refractivity contribution >= 4 is 0 Å². The number of rotatable bonds is 7. The van der Waals surface area contributed by atoms with E-state index in [0.29, 0.717) is 0 Å². The lowest BCUT2D eigenvalue weighted by atomic mass is 9.79. The summed E-state index contributed by atoms with van der Waals surface area (Å²) in [4.78, 5) is 2.63. The van der Waals surface area contributed by atoms with Crippen molar-refractivity contribution in [3.63, 3.8) is 0 Å². The van der Waals surface area contributed by atoms with Crippen LogP contribution in [0.2, 0.25) is 0 Å². The summed E-state index contributed by atoms with van der Waals surface area (Å²) >= 11 is 0. The molecule has 1 aliphatic heterocycles. The zero-order valence-electron chi connectivity index (χ0n) is 13.7. The van der Waals surface area contributed by atoms with Gasteiger partial charge in [-0.15, -0.1) is 0 Å². The second-order valence-corrected chi connectivity index (χ2v) is 6.05. The van der Waals surface area contributed by atoms with Gasteiger partial charge in [-0.3, -0.25) is 4.90 Å². The molecule has 1 aromatic carbocycles. The smallest absolute Gasteiger partial charge is 0.123 e. The Morgan fingerprint density at radius 3 is 2.38 bits per heavy atom. The fourth-order valence-corrected chi connectivity index (χ4v) is 3.96. The maximum atomic E-state index is 13.7. The van der Waals surface area contributed by atoms with Crippen LogP contribution in [0.4, 0.5) is 4.39 Å². The van der Waals surface area contributed by atoms with Gasteiger partial charge in [0, 0.05) is 5.54 Å². The summed E-state index contributed by atoms with van der Waals surface area (Å²) in [7, 11) is 0. The highest BCUT2D eigenvalue weighted by Gasteiger charge is 2.42. The van der Waals surface area contributed by atoms with Crippen molar-refractivity contribution in [2.24, 2.45) is 0 Å². The van der Waals surface area contributed by atoms with E-state index in [4.69, 9.17) is 0 Å². The van der Waals surface area contributed by atoms with Gasteiger partial charge in [-0.1, -0.05) is 32.9 Å². The highest BCUT2D eigenvalue weighted by molar-refractivity contribution is 5.25. The molecule has 0 amide bonds. The summed E-state index contributed by atoms with van der Waals surface area (Å²) in [5.74, 6) is -0.141. The van der Waals surface area contributed by atoms with Gasteiger partial charge in [-0.05, 0) is 63.0 Å². The third kappa shape index (κ3) is 3.29. The Hall–Kier alpha value is -0.930. The Morgan fingerprint density at radius 1 is 1.19 bits per heavy atom. The molecule has 1 aliphatic rings. The van der Waals surface area contributed by atoms with Crippen molar-refractivity contribution in [3.8, 4) is 0 Å². The van der Waals surface area contributed by atoms with E-state index in [1.165, 1.54) is 32.0 Å². The molecular weight excluding hydrogens is 263 g/mol. The molecule has 1 N–H and O–H groups in total. The molecule has 2 nitrogen and oxygen atoms in total. The quantitative estimate of drug-likeness (QED) is 0.813. The van der Waals surface area contributed by atoms with Crippen molar-refractivity contribution in [2.45, 2.75) is 58.0 Å². The summed E-state index contributed by atoms with van der Waals surface area (Å²) in [6.45, 7) is 9.90. The van der Waals surface area contributed by atoms with E-state index in [9.17, 15) is 4.39 Å². The first-order chi connectivity index (χ1) is 10.2. The van der Waals surface area contributed by atoms with Crippen LogP contribution in [0.5, 0.6) is 0 Å². The Kier molecular flexibility index (Phi) is 5.77. The van der Waals surface area contributed by atoms with Gasteiger partial charge < -0.3 is 5.32 Å². The van der Waals surface area contributed by atoms with Crippen molar-refractivity contribution < 1.29 is 4.39 Å². The highest BCUT2D eigenvalue weighted by Crippen LogP contribution is 2.39. The zero-order valence-corrected chi connectivity index (χ0v) is 13.7. The Labute approximate surface area is 128 Å². The number of hydrogen-bond donors (Lipinski definition) is 1. The minimum atomic E-state index is -0.141. The van der Waals surface area contributed by atoms with Crippen LogP contribution in [0.1, 0.15) is 58.1 Å². The number of benzene rings is 1. The molecule has 0 aromatic heterocycles. The molecule has 1 aromatic rings. The Morgan fingerprint density at radius 2 is 1.86 bits per heavy atom. The average molecular weight is 292 g/mol. The molecular formula is C18H29FN2. The third-order valence-electron chi connectivity index (χ3n) is 5.09. The monoisotopic (exact) mass is 292 g/mol. The molecule has 1 saturated heterocycles. The number of likely N-dealkylation sites (tertiary alicyclic amines) is 1. The summed E-state index contributed by atoms with van der Waals surface area (Å²) in [6, 6.07) is 7.30. The number of halogens is 1. The van der Waals surface area contributed by atoms with Crippen LogP contribution in [0.15, 0.2) is 24.3 Å². The van der Waals surface area contributed by atoms with Gasteiger partial charge in [0.25, 0.3) is 0 Å². The summed E-state index contributed by atoms with van der Waals surface area (Å²) in [5.41, 5.74) is 1.16. The van der Waals surface area contributed by atoms with Gasteiger partial charge in [-0.2, -0.15) is 0 Å². The number of hydrogen-bond acceptors (Lipinski definition) is 2. The van der Waals surface area contributed by atoms with Crippen LogP contribution in [0, 0.1) is 5.82 Å². The van der Waals surface area contributed by atoms with Gasteiger partial charge in [0.1, 0.15) is 5.82 Å². The maximum absolute atomic E-state index is 13.7. The van der Waals surface area contributed by atoms with Gasteiger partial charge in [0.2, 0.25) is 0 Å². The van der Waals surface area contributed by atoms with Gasteiger partial charge in [-0.25, -0.2) is 4.39 Å². The predicted octanol–water partition coefficient (Wildman–Crippen LogP) is 4.13. The van der Waals surface area contributed by atoms with Gasteiger partial charge in [0.15, 0.2) is 0 Å². The number of likely N-dealkylation sites (N-methyl/N-ethyl adjacent to an activating group) is 1. The first-order valence-electron chi connectivity index (χ1n) is 8.41. The molecule has 1 heterocycles. The predicted molar refractivity (Wildman–Crippen MR) is 86.9 cm³/mol. The van der Waals surface area contributed by atoms with Crippen LogP contribution < -0.4 is 5.32 Å². The van der Waals surface area contributed by atoms with Crippen LogP contribution in [-0.2, 0) is 0 Å². The highest BCUT2D eigenvalue weighted by atomic mass is 19.1. The van der Waals surface area contributed by atoms with E-state index in [1.54, 1.807) is 6.07 Å². The van der Waals surface area contributed by atoms with E-state index < -0.39 is 0 Å². The maximum Gasteiger partial charge on any atom is 0.123 e. The van der Waals surface area contributed by atoms with Crippen LogP contribution in [0.3, 0.4) is 0 Å². The van der Waals surface area contributed by atoms with Crippen molar-refractivity contribution in [1.29, 1.82) is 0 Å². The lowest BCUT2D eigenvalue weighted by Gasteiger charge is -2.47. The minimum Gasteiger partial charge on any atom is -0.309 e. The molecule has 0 saturated carbocycles. The molecule has 0 radical (unpaired) electrons. The molecule has 1 atom stereocenters. The molecule has 1 fully saturated rings. The molecule has 2 rings (SSSR count). The molecule has 21 heavy (non-hydrogen) atoms. The van der Waals surface area contributed by atoms with Crippen LogP contribution >= 0.6 is 0 Å². The van der Waals surface area contributed by atoms with Gasteiger partial charge >= 0.3 is 0 Å². The fourth-order valence-electron chi connectivity index (χ4n) is 3.96. The first kappa shape index (κ1) is 16.4. The second kappa shape index (κ2) is 7.37. The molecule has 0 spiro atoms. The van der Waals surface area contributed by atoms with E-state index in [-0.39, 0.29) is 17.4 Å². The minimum absolute atomic E-state index is 0.0836. The van der Waals surface area contributed by atoms with Crippen LogP contribution in [-0.4, -0.2) is 30.1 Å². The number of nitrogens with one attached hydrogen (secondary N) is 1. The van der Waals surface area contributed by atoms with Crippen molar-refractivity contribution in [3.05, 3.63) is 35.6 Å². The summed E-state index contributed by atoms with van der Waals surface area (Å²) < 4.78 is 13.7. The lowest BCUT2D eigenvalue weighted by Crippen LogP contribution is -2.55. The number of nitrogens with zero attached hydrogens (tertiary/aromatic N) is 1. The SMILES string of the molecule is CCNC(c1cccc(F)c1)C(CC)(CC)N1CCCC1. The van der Waals surface area contributed by atoms with Crippen molar-refractivity contribution in [1.82, 2.24) is 10.2 Å². The van der Waals surface area contributed by atoms with Gasteiger partial charge in [0.05, 0.1) is 6.04 Å². The zero-order chi connectivity index (χ0) is 15.3. The Balaban J connectivity index is 2.40.